The highest BCUT2D eigenvalue weighted by Gasteiger charge is 2.36. The standard InChI is InChI=1S/C28H24FN3O5S2/c1-18-7-8-19(2)25(15-18)31-38(34,35)22-12-10-21(11-13-22)30-28(33)17-32-26-14-9-20(29)16-24(26)23-5-3-4-6-27(23)39(32,36)37/h3-16,31H,17H2,1-2H3,(H,30,33). The van der Waals surface area contributed by atoms with Crippen LogP contribution in [0.2, 0.25) is 0 Å². The Balaban J connectivity index is 1.35. The lowest BCUT2D eigenvalue weighted by atomic mass is 10.0. The monoisotopic (exact) mass is 565 g/mol. The summed E-state index contributed by atoms with van der Waals surface area (Å²) in [6.07, 6.45) is 0. The maximum absolute atomic E-state index is 14.0. The second-order valence-corrected chi connectivity index (χ2v) is 12.7. The number of hydrogen-bond acceptors (Lipinski definition) is 5. The molecule has 0 unspecified atom stereocenters. The fraction of sp³-hybridized carbons (Fsp3) is 0.107. The molecular formula is C28H24FN3O5S2. The number of benzene rings is 4. The molecule has 2 N–H and O–H groups in total. The molecule has 200 valence electrons. The van der Waals surface area contributed by atoms with Gasteiger partial charge in [-0.25, -0.2) is 21.2 Å². The topological polar surface area (TPSA) is 113 Å². The SMILES string of the molecule is Cc1ccc(C)c(NS(=O)(=O)c2ccc(NC(=O)CN3c4ccc(F)cc4-c4ccccc4S3(=O)=O)cc2)c1. The third kappa shape index (κ3) is 5.10. The first-order chi connectivity index (χ1) is 18.5. The first-order valence-electron chi connectivity index (χ1n) is 11.9. The molecule has 0 radical (unpaired) electrons. The third-order valence-corrected chi connectivity index (χ3v) is 9.54. The van der Waals surface area contributed by atoms with E-state index in [1.807, 2.05) is 19.1 Å². The normalized spacial score (nSPS) is 13.8. The van der Waals surface area contributed by atoms with E-state index in [1.165, 1.54) is 42.5 Å². The van der Waals surface area contributed by atoms with Gasteiger partial charge in [-0.3, -0.25) is 13.8 Å². The van der Waals surface area contributed by atoms with E-state index in [9.17, 15) is 26.0 Å². The average molecular weight is 566 g/mol. The van der Waals surface area contributed by atoms with Gasteiger partial charge in [0, 0.05) is 16.8 Å². The number of carbonyl (C=O) groups excluding carboxylic acids is 1. The molecule has 1 aliphatic heterocycles. The van der Waals surface area contributed by atoms with Gasteiger partial charge in [0.05, 0.1) is 21.2 Å². The molecule has 0 fully saturated rings. The highest BCUT2D eigenvalue weighted by molar-refractivity contribution is 7.93. The quantitative estimate of drug-likeness (QED) is 0.340. The summed E-state index contributed by atoms with van der Waals surface area (Å²) < 4.78 is 70.0. The number of rotatable bonds is 6. The van der Waals surface area contributed by atoms with Gasteiger partial charge in [-0.2, -0.15) is 0 Å². The van der Waals surface area contributed by atoms with E-state index in [2.05, 4.69) is 10.0 Å². The van der Waals surface area contributed by atoms with E-state index < -0.39 is 38.3 Å². The minimum atomic E-state index is -4.10. The lowest BCUT2D eigenvalue weighted by molar-refractivity contribution is -0.114. The van der Waals surface area contributed by atoms with E-state index in [-0.39, 0.29) is 21.2 Å². The van der Waals surface area contributed by atoms with Crippen LogP contribution in [0.1, 0.15) is 11.1 Å². The summed E-state index contributed by atoms with van der Waals surface area (Å²) in [5.74, 6) is -1.19. The lowest BCUT2D eigenvalue weighted by Gasteiger charge is -2.31. The molecule has 4 aromatic rings. The molecule has 11 heteroatoms. The van der Waals surface area contributed by atoms with Gasteiger partial charge in [-0.15, -0.1) is 0 Å². The van der Waals surface area contributed by atoms with Crippen molar-refractivity contribution < 1.29 is 26.0 Å². The van der Waals surface area contributed by atoms with Crippen LogP contribution >= 0.6 is 0 Å². The number of amides is 1. The highest BCUT2D eigenvalue weighted by Crippen LogP contribution is 2.43. The molecule has 39 heavy (non-hydrogen) atoms. The summed E-state index contributed by atoms with van der Waals surface area (Å²) in [5.41, 5.74) is 3.32. The van der Waals surface area contributed by atoms with Crippen LogP contribution in [-0.2, 0) is 24.8 Å². The van der Waals surface area contributed by atoms with Crippen LogP contribution in [0.5, 0.6) is 0 Å². The minimum absolute atomic E-state index is 0.00688. The van der Waals surface area contributed by atoms with Crippen LogP contribution in [-0.4, -0.2) is 29.3 Å². The smallest absolute Gasteiger partial charge is 0.265 e. The van der Waals surface area contributed by atoms with Crippen molar-refractivity contribution in [3.05, 3.63) is 102 Å². The molecule has 0 atom stereocenters. The zero-order valence-electron chi connectivity index (χ0n) is 21.0. The number of carbonyl (C=O) groups is 1. The number of aryl methyl sites for hydroxylation is 2. The van der Waals surface area contributed by atoms with Crippen LogP contribution < -0.4 is 14.3 Å². The number of hydrogen-bond donors (Lipinski definition) is 2. The van der Waals surface area contributed by atoms with Crippen LogP contribution in [0.15, 0.2) is 94.7 Å². The fourth-order valence-electron chi connectivity index (χ4n) is 4.37. The number of anilines is 3. The number of fused-ring (bicyclic) bond motifs is 3. The van der Waals surface area contributed by atoms with E-state index >= 15 is 0 Å². The number of sulfonamides is 2. The van der Waals surface area contributed by atoms with Crippen LogP contribution in [0.4, 0.5) is 21.5 Å². The zero-order valence-corrected chi connectivity index (χ0v) is 22.6. The molecule has 8 nitrogen and oxygen atoms in total. The molecule has 0 bridgehead atoms. The Hall–Kier alpha value is -4.22. The maximum atomic E-state index is 14.0. The van der Waals surface area contributed by atoms with Crippen LogP contribution in [0.3, 0.4) is 0 Å². The van der Waals surface area contributed by atoms with Gasteiger partial charge in [0.1, 0.15) is 12.4 Å². The van der Waals surface area contributed by atoms with Crippen molar-refractivity contribution >= 4 is 43.0 Å². The Labute approximate surface area is 226 Å². The molecule has 0 aliphatic carbocycles. The zero-order chi connectivity index (χ0) is 27.9. The van der Waals surface area contributed by atoms with Gasteiger partial charge in [-0.05, 0) is 79.6 Å². The molecule has 1 amide bonds. The number of nitrogens with one attached hydrogen (secondary N) is 2. The van der Waals surface area contributed by atoms with Crippen molar-refractivity contribution in [3.63, 3.8) is 0 Å². The van der Waals surface area contributed by atoms with E-state index in [1.54, 1.807) is 31.2 Å². The Morgan fingerprint density at radius 3 is 2.36 bits per heavy atom. The molecule has 0 aromatic heterocycles. The molecule has 5 rings (SSSR count). The summed E-state index contributed by atoms with van der Waals surface area (Å²) in [4.78, 5) is 12.9. The molecule has 4 aromatic carbocycles. The predicted octanol–water partition coefficient (Wildman–Crippen LogP) is 5.06. The van der Waals surface area contributed by atoms with Gasteiger partial charge < -0.3 is 5.32 Å². The Kier molecular flexibility index (Phi) is 6.65. The lowest BCUT2D eigenvalue weighted by Crippen LogP contribution is -2.40. The average Bonchev–Trinajstić information content (AvgIpc) is 2.89. The molecule has 0 spiro atoms. The molecular weight excluding hydrogens is 541 g/mol. The Morgan fingerprint density at radius 1 is 0.897 bits per heavy atom. The van der Waals surface area contributed by atoms with Crippen molar-refractivity contribution in [3.8, 4) is 11.1 Å². The summed E-state index contributed by atoms with van der Waals surface area (Å²) in [7, 11) is -7.98. The number of halogens is 1. The van der Waals surface area contributed by atoms with Crippen molar-refractivity contribution in [2.45, 2.75) is 23.6 Å². The Morgan fingerprint density at radius 2 is 1.62 bits per heavy atom. The summed E-state index contributed by atoms with van der Waals surface area (Å²) in [6.45, 7) is 3.09. The van der Waals surface area contributed by atoms with Gasteiger partial charge in [-0.1, -0.05) is 30.3 Å². The van der Waals surface area contributed by atoms with Crippen molar-refractivity contribution in [2.75, 3.05) is 20.9 Å². The maximum Gasteiger partial charge on any atom is 0.265 e. The van der Waals surface area contributed by atoms with Crippen LogP contribution in [0, 0.1) is 19.7 Å². The van der Waals surface area contributed by atoms with Gasteiger partial charge in [0.25, 0.3) is 20.0 Å². The van der Waals surface area contributed by atoms with E-state index in [0.717, 1.165) is 21.5 Å². The largest absolute Gasteiger partial charge is 0.325 e. The summed E-state index contributed by atoms with van der Waals surface area (Å²) >= 11 is 0. The summed E-state index contributed by atoms with van der Waals surface area (Å²) in [5, 5.41) is 2.60. The molecule has 1 aliphatic rings. The van der Waals surface area contributed by atoms with Gasteiger partial charge in [0.2, 0.25) is 5.91 Å². The second-order valence-electron chi connectivity index (χ2n) is 9.17. The third-order valence-electron chi connectivity index (χ3n) is 6.35. The predicted molar refractivity (Wildman–Crippen MR) is 148 cm³/mol. The molecule has 0 saturated heterocycles. The fourth-order valence-corrected chi connectivity index (χ4v) is 7.14. The highest BCUT2D eigenvalue weighted by atomic mass is 32.2. The first kappa shape index (κ1) is 26.4. The van der Waals surface area contributed by atoms with E-state index in [0.29, 0.717) is 16.8 Å². The second kappa shape index (κ2) is 9.83. The minimum Gasteiger partial charge on any atom is -0.325 e. The summed E-state index contributed by atoms with van der Waals surface area (Å²) in [6, 6.07) is 20.9. The van der Waals surface area contributed by atoms with Crippen molar-refractivity contribution in [2.24, 2.45) is 0 Å². The molecule has 1 heterocycles. The van der Waals surface area contributed by atoms with Gasteiger partial charge in [0.15, 0.2) is 0 Å². The van der Waals surface area contributed by atoms with Crippen LogP contribution in [0.25, 0.3) is 11.1 Å². The van der Waals surface area contributed by atoms with E-state index in [4.69, 9.17) is 0 Å². The number of nitrogens with zero attached hydrogens (tertiary/aromatic N) is 1. The van der Waals surface area contributed by atoms with Crippen molar-refractivity contribution in [1.82, 2.24) is 0 Å². The molecule has 0 saturated carbocycles. The first-order valence-corrected chi connectivity index (χ1v) is 14.8. The van der Waals surface area contributed by atoms with Gasteiger partial charge >= 0.3 is 0 Å². The van der Waals surface area contributed by atoms with Crippen molar-refractivity contribution in [1.29, 1.82) is 0 Å². The Bertz CT molecular complexity index is 1820.